The predicted octanol–water partition coefficient (Wildman–Crippen LogP) is 5.15. The quantitative estimate of drug-likeness (QED) is 0.334. The fraction of sp³-hybridized carbons (Fsp3) is 0.0870. The molecule has 1 aliphatic rings. The molecule has 1 amide bonds. The second-order valence-corrected chi connectivity index (χ2v) is 7.80. The third kappa shape index (κ3) is 4.04. The molecule has 1 aliphatic heterocycles. The number of aliphatic hydroxyl groups is 1. The van der Waals surface area contributed by atoms with Gasteiger partial charge in [-0.05, 0) is 53.6 Å². The van der Waals surface area contributed by atoms with Crippen LogP contribution < -0.4 is 0 Å². The average molecular weight is 457 g/mol. The van der Waals surface area contributed by atoms with Crippen molar-refractivity contribution in [2.24, 2.45) is 0 Å². The SMILES string of the molecule is O=C1C(=O)N(Cc2cccnc2)[C@@H](c2ccc(Cl)cc2Cl)C1=C(O)c1ccc(F)cc1. The van der Waals surface area contributed by atoms with Crippen molar-refractivity contribution >= 4 is 40.7 Å². The number of carbonyl (C=O) groups excluding carboxylic acids is 2. The van der Waals surface area contributed by atoms with Gasteiger partial charge in [-0.2, -0.15) is 0 Å². The molecule has 0 bridgehead atoms. The van der Waals surface area contributed by atoms with Crippen molar-refractivity contribution in [1.82, 2.24) is 9.88 Å². The lowest BCUT2D eigenvalue weighted by Gasteiger charge is -2.26. The van der Waals surface area contributed by atoms with E-state index in [0.29, 0.717) is 16.1 Å². The van der Waals surface area contributed by atoms with Gasteiger partial charge in [-0.15, -0.1) is 0 Å². The number of aliphatic hydroxyl groups excluding tert-OH is 1. The summed E-state index contributed by atoms with van der Waals surface area (Å²) in [6, 6.07) is 12.2. The summed E-state index contributed by atoms with van der Waals surface area (Å²) in [5.41, 5.74) is 1.19. The number of hydrogen-bond acceptors (Lipinski definition) is 4. The Morgan fingerprint density at radius 2 is 1.84 bits per heavy atom. The number of nitrogens with zero attached hydrogens (tertiary/aromatic N) is 2. The van der Waals surface area contributed by atoms with E-state index in [-0.39, 0.29) is 22.7 Å². The van der Waals surface area contributed by atoms with Gasteiger partial charge in [-0.3, -0.25) is 14.6 Å². The molecule has 0 saturated carbocycles. The number of aromatic nitrogens is 1. The molecule has 0 unspecified atom stereocenters. The normalized spacial score (nSPS) is 17.9. The van der Waals surface area contributed by atoms with Gasteiger partial charge in [0.05, 0.1) is 11.6 Å². The zero-order valence-corrected chi connectivity index (χ0v) is 17.4. The minimum Gasteiger partial charge on any atom is -0.507 e. The van der Waals surface area contributed by atoms with Crippen LogP contribution in [-0.4, -0.2) is 26.7 Å². The molecule has 8 heteroatoms. The first-order valence-electron chi connectivity index (χ1n) is 9.25. The molecule has 3 aromatic rings. The van der Waals surface area contributed by atoms with E-state index in [1.54, 1.807) is 36.7 Å². The van der Waals surface area contributed by atoms with Crippen molar-refractivity contribution in [3.05, 3.63) is 105 Å². The van der Waals surface area contributed by atoms with Crippen LogP contribution in [0.3, 0.4) is 0 Å². The molecule has 1 fully saturated rings. The van der Waals surface area contributed by atoms with E-state index in [1.807, 2.05) is 0 Å². The molecule has 1 saturated heterocycles. The first-order chi connectivity index (χ1) is 14.9. The fourth-order valence-corrected chi connectivity index (χ4v) is 4.05. The summed E-state index contributed by atoms with van der Waals surface area (Å²) in [5, 5.41) is 11.6. The number of pyridine rings is 1. The van der Waals surface area contributed by atoms with Gasteiger partial charge in [0.1, 0.15) is 11.6 Å². The first-order valence-corrected chi connectivity index (χ1v) is 10.0. The molecule has 156 valence electrons. The van der Waals surface area contributed by atoms with Crippen molar-refractivity contribution in [2.75, 3.05) is 0 Å². The van der Waals surface area contributed by atoms with Crippen LogP contribution in [-0.2, 0) is 16.1 Å². The molecule has 1 atom stereocenters. The number of rotatable bonds is 4. The summed E-state index contributed by atoms with van der Waals surface area (Å²) in [7, 11) is 0. The lowest BCUT2D eigenvalue weighted by molar-refractivity contribution is -0.140. The van der Waals surface area contributed by atoms with Gasteiger partial charge < -0.3 is 10.0 Å². The van der Waals surface area contributed by atoms with Gasteiger partial charge in [0.15, 0.2) is 0 Å². The fourth-order valence-electron chi connectivity index (χ4n) is 3.54. The molecular weight excluding hydrogens is 442 g/mol. The van der Waals surface area contributed by atoms with E-state index in [1.165, 1.54) is 23.1 Å². The molecule has 1 aromatic heterocycles. The largest absolute Gasteiger partial charge is 0.507 e. The zero-order chi connectivity index (χ0) is 22.1. The minimum atomic E-state index is -0.963. The Labute approximate surface area is 187 Å². The van der Waals surface area contributed by atoms with E-state index in [9.17, 15) is 19.1 Å². The lowest BCUT2D eigenvalue weighted by atomic mass is 9.95. The molecule has 0 radical (unpaired) electrons. The van der Waals surface area contributed by atoms with E-state index >= 15 is 0 Å². The van der Waals surface area contributed by atoms with Crippen molar-refractivity contribution in [1.29, 1.82) is 0 Å². The second kappa shape index (κ2) is 8.49. The molecule has 1 N–H and O–H groups in total. The number of carbonyl (C=O) groups is 2. The van der Waals surface area contributed by atoms with Crippen molar-refractivity contribution in [2.45, 2.75) is 12.6 Å². The minimum absolute atomic E-state index is 0.0717. The molecule has 0 aliphatic carbocycles. The smallest absolute Gasteiger partial charge is 0.295 e. The zero-order valence-electron chi connectivity index (χ0n) is 15.9. The number of amides is 1. The monoisotopic (exact) mass is 456 g/mol. The van der Waals surface area contributed by atoms with Crippen LogP contribution in [0.5, 0.6) is 0 Å². The van der Waals surface area contributed by atoms with Crippen molar-refractivity contribution in [3.63, 3.8) is 0 Å². The summed E-state index contributed by atoms with van der Waals surface area (Å²) in [6.07, 6.45) is 3.18. The van der Waals surface area contributed by atoms with Crippen LogP contribution >= 0.6 is 23.2 Å². The summed E-state index contributed by atoms with van der Waals surface area (Å²) in [5.74, 6) is -2.56. The molecule has 0 spiro atoms. The third-order valence-electron chi connectivity index (χ3n) is 4.99. The van der Waals surface area contributed by atoms with Crippen LogP contribution in [0.4, 0.5) is 4.39 Å². The Bertz CT molecular complexity index is 1200. The Morgan fingerprint density at radius 3 is 2.48 bits per heavy atom. The molecule has 5 nitrogen and oxygen atoms in total. The molecule has 4 rings (SSSR count). The van der Waals surface area contributed by atoms with Gasteiger partial charge in [-0.25, -0.2) is 4.39 Å². The van der Waals surface area contributed by atoms with Gasteiger partial charge in [0.25, 0.3) is 11.7 Å². The predicted molar refractivity (Wildman–Crippen MR) is 115 cm³/mol. The number of Topliss-reactive ketones (excluding diaryl/α,β-unsaturated/α-hetero) is 1. The third-order valence-corrected chi connectivity index (χ3v) is 5.55. The Balaban J connectivity index is 1.89. The van der Waals surface area contributed by atoms with Crippen LogP contribution in [0.1, 0.15) is 22.7 Å². The van der Waals surface area contributed by atoms with E-state index < -0.39 is 29.3 Å². The van der Waals surface area contributed by atoms with Crippen LogP contribution in [0.2, 0.25) is 10.0 Å². The molecule has 2 heterocycles. The summed E-state index contributed by atoms with van der Waals surface area (Å²) in [6.45, 7) is 0.0717. The highest BCUT2D eigenvalue weighted by Gasteiger charge is 2.46. The number of hydrogen-bond donors (Lipinski definition) is 1. The standard InChI is InChI=1S/C23H15Cl2FN2O3/c24-15-5-8-17(18(25)10-15)20-19(21(29)14-3-6-16(26)7-4-14)22(30)23(31)28(20)12-13-2-1-9-27-11-13/h1-11,20,29H,12H2/t20-/m0/s1. The van der Waals surface area contributed by atoms with E-state index in [0.717, 1.165) is 12.1 Å². The van der Waals surface area contributed by atoms with E-state index in [2.05, 4.69) is 4.98 Å². The van der Waals surface area contributed by atoms with E-state index in [4.69, 9.17) is 23.2 Å². The maximum atomic E-state index is 13.3. The van der Waals surface area contributed by atoms with Gasteiger partial charge in [0.2, 0.25) is 0 Å². The number of halogens is 3. The summed E-state index contributed by atoms with van der Waals surface area (Å²) in [4.78, 5) is 31.3. The topological polar surface area (TPSA) is 70.5 Å². The number of benzene rings is 2. The van der Waals surface area contributed by atoms with Crippen molar-refractivity contribution in [3.8, 4) is 0 Å². The molecule has 31 heavy (non-hydrogen) atoms. The second-order valence-electron chi connectivity index (χ2n) is 6.96. The number of likely N-dealkylation sites (tertiary alicyclic amines) is 1. The van der Waals surface area contributed by atoms with Crippen LogP contribution in [0.15, 0.2) is 72.6 Å². The maximum absolute atomic E-state index is 13.3. The highest BCUT2D eigenvalue weighted by molar-refractivity contribution is 6.47. The molecular formula is C23H15Cl2FN2O3. The Morgan fingerprint density at radius 1 is 1.10 bits per heavy atom. The van der Waals surface area contributed by atoms with Gasteiger partial charge in [0, 0.05) is 34.5 Å². The van der Waals surface area contributed by atoms with Crippen LogP contribution in [0.25, 0.3) is 5.76 Å². The summed E-state index contributed by atoms with van der Waals surface area (Å²) >= 11 is 12.4. The highest BCUT2D eigenvalue weighted by atomic mass is 35.5. The maximum Gasteiger partial charge on any atom is 0.295 e. The lowest BCUT2D eigenvalue weighted by Crippen LogP contribution is -2.29. The average Bonchev–Trinajstić information content (AvgIpc) is 2.99. The van der Waals surface area contributed by atoms with Crippen molar-refractivity contribution < 1.29 is 19.1 Å². The molecule has 2 aromatic carbocycles. The number of ketones is 1. The van der Waals surface area contributed by atoms with Gasteiger partial charge in [-0.1, -0.05) is 35.3 Å². The van der Waals surface area contributed by atoms with Crippen LogP contribution in [0, 0.1) is 5.82 Å². The highest BCUT2D eigenvalue weighted by Crippen LogP contribution is 2.43. The Hall–Kier alpha value is -3.22. The Kier molecular flexibility index (Phi) is 5.76. The first kappa shape index (κ1) is 21.0. The van der Waals surface area contributed by atoms with Gasteiger partial charge >= 0.3 is 0 Å². The summed E-state index contributed by atoms with van der Waals surface area (Å²) < 4.78 is 13.3.